The Morgan fingerprint density at radius 2 is 1.86 bits per heavy atom. The SMILES string of the molecule is C=CCCC(=O)OC[C@@H](NC(=O)[C@@H]1[C@@H]2CC[C@]3(O2)[C@H](C(=O)N(CC=C)c2ccc(OC)cc2)N(CCCCCO)C(=O)[C@@H]13)c1ccccc1. The molecule has 2 aromatic carbocycles. The number of likely N-dealkylation sites (tertiary alicyclic amines) is 1. The number of benzene rings is 2. The highest BCUT2D eigenvalue weighted by atomic mass is 16.5. The molecule has 0 aromatic heterocycles. The van der Waals surface area contributed by atoms with Crippen LogP contribution < -0.4 is 15.0 Å². The number of ether oxygens (including phenoxy) is 3. The average molecular weight is 674 g/mol. The van der Waals surface area contributed by atoms with Gasteiger partial charge in [0.2, 0.25) is 11.8 Å². The molecule has 262 valence electrons. The summed E-state index contributed by atoms with van der Waals surface area (Å²) in [5.74, 6) is -2.44. The van der Waals surface area contributed by atoms with Gasteiger partial charge < -0.3 is 34.4 Å². The number of carbonyl (C=O) groups is 4. The van der Waals surface area contributed by atoms with E-state index in [-0.39, 0.29) is 50.4 Å². The van der Waals surface area contributed by atoms with Crippen molar-refractivity contribution in [3.05, 3.63) is 85.5 Å². The van der Waals surface area contributed by atoms with E-state index in [1.165, 1.54) is 0 Å². The first-order valence-electron chi connectivity index (χ1n) is 17.1. The first-order valence-corrected chi connectivity index (χ1v) is 17.1. The Balaban J connectivity index is 1.44. The molecule has 0 aliphatic carbocycles. The zero-order valence-electron chi connectivity index (χ0n) is 28.1. The summed E-state index contributed by atoms with van der Waals surface area (Å²) in [5, 5.41) is 12.4. The standard InChI is InChI=1S/C38H47N3O8/c1-4-6-15-31(43)48-25-29(26-13-9-7-10-14-26)39-35(44)32-30-20-21-38(49-30)33(32)36(45)41(23-11-8-12-24-42)34(38)37(46)40(22-5-2)27-16-18-28(47-3)19-17-27/h4-5,7,9-10,13-14,16-19,29-30,32-34,42H,1-2,6,8,11-12,15,20-25H2,3H3,(H,39,44)/t29-,30+,32-,33-,34+,38-/m1/s1. The molecule has 2 bridgehead atoms. The van der Waals surface area contributed by atoms with Crippen molar-refractivity contribution >= 4 is 29.4 Å². The minimum atomic E-state index is -1.19. The van der Waals surface area contributed by atoms with Crippen molar-refractivity contribution in [3.63, 3.8) is 0 Å². The van der Waals surface area contributed by atoms with Gasteiger partial charge in [-0.15, -0.1) is 13.2 Å². The molecule has 0 saturated carbocycles. The number of amides is 3. The lowest BCUT2D eigenvalue weighted by Gasteiger charge is -2.37. The lowest BCUT2D eigenvalue weighted by atomic mass is 9.70. The minimum absolute atomic E-state index is 0.0344. The summed E-state index contributed by atoms with van der Waals surface area (Å²) in [7, 11) is 1.57. The first-order chi connectivity index (χ1) is 23.8. The normalized spacial score (nSPS) is 24.2. The summed E-state index contributed by atoms with van der Waals surface area (Å²) in [5.41, 5.74) is 0.179. The molecular formula is C38H47N3O8. The monoisotopic (exact) mass is 673 g/mol. The van der Waals surface area contributed by atoms with Crippen LogP contribution in [0.15, 0.2) is 79.9 Å². The number of anilines is 1. The predicted molar refractivity (Wildman–Crippen MR) is 184 cm³/mol. The van der Waals surface area contributed by atoms with Gasteiger partial charge in [-0.3, -0.25) is 19.2 Å². The fraction of sp³-hybridized carbons (Fsp3) is 0.474. The quantitative estimate of drug-likeness (QED) is 0.137. The molecule has 2 aromatic rings. The smallest absolute Gasteiger partial charge is 0.306 e. The number of fused-ring (bicyclic) bond motifs is 1. The van der Waals surface area contributed by atoms with E-state index in [0.717, 1.165) is 5.56 Å². The van der Waals surface area contributed by atoms with Gasteiger partial charge in [-0.25, -0.2) is 0 Å². The summed E-state index contributed by atoms with van der Waals surface area (Å²) in [6, 6.07) is 14.7. The first kappa shape index (κ1) is 35.8. The van der Waals surface area contributed by atoms with Crippen LogP contribution in [0.5, 0.6) is 5.75 Å². The molecule has 11 heteroatoms. The third kappa shape index (κ3) is 7.43. The Bertz CT molecular complexity index is 1500. The van der Waals surface area contributed by atoms with E-state index in [2.05, 4.69) is 18.5 Å². The number of aliphatic hydroxyl groups excluding tert-OH is 1. The maximum Gasteiger partial charge on any atom is 0.306 e. The Labute approximate surface area is 287 Å². The number of nitrogens with zero attached hydrogens (tertiary/aromatic N) is 2. The van der Waals surface area contributed by atoms with Gasteiger partial charge in [-0.1, -0.05) is 42.5 Å². The van der Waals surface area contributed by atoms with Crippen molar-refractivity contribution in [1.82, 2.24) is 10.2 Å². The number of rotatable bonds is 18. The molecule has 3 saturated heterocycles. The highest BCUT2D eigenvalue weighted by molar-refractivity contribution is 6.05. The van der Waals surface area contributed by atoms with Crippen LogP contribution in [0.25, 0.3) is 0 Å². The summed E-state index contributed by atoms with van der Waals surface area (Å²) >= 11 is 0. The topological polar surface area (TPSA) is 135 Å². The van der Waals surface area contributed by atoms with Crippen molar-refractivity contribution in [2.24, 2.45) is 11.8 Å². The molecule has 0 unspecified atom stereocenters. The van der Waals surface area contributed by atoms with E-state index in [1.54, 1.807) is 53.3 Å². The summed E-state index contributed by atoms with van der Waals surface area (Å²) in [6.45, 7) is 7.96. The molecule has 3 amide bonds. The van der Waals surface area contributed by atoms with Crippen LogP contribution in [-0.2, 0) is 28.7 Å². The van der Waals surface area contributed by atoms with Gasteiger partial charge in [0.05, 0.1) is 31.1 Å². The van der Waals surface area contributed by atoms with Crippen LogP contribution in [0.4, 0.5) is 5.69 Å². The lowest BCUT2D eigenvalue weighted by Crippen LogP contribution is -2.56. The molecule has 11 nitrogen and oxygen atoms in total. The number of carbonyl (C=O) groups excluding carboxylic acids is 4. The minimum Gasteiger partial charge on any atom is -0.497 e. The van der Waals surface area contributed by atoms with Crippen LogP contribution in [0.2, 0.25) is 0 Å². The lowest BCUT2D eigenvalue weighted by molar-refractivity contribution is -0.146. The number of methoxy groups -OCH3 is 1. The zero-order valence-corrected chi connectivity index (χ0v) is 28.1. The molecule has 3 aliphatic rings. The van der Waals surface area contributed by atoms with E-state index in [9.17, 15) is 24.3 Å². The molecule has 3 aliphatic heterocycles. The van der Waals surface area contributed by atoms with E-state index < -0.39 is 41.6 Å². The number of hydrogen-bond donors (Lipinski definition) is 2. The zero-order chi connectivity index (χ0) is 35.0. The molecule has 49 heavy (non-hydrogen) atoms. The third-order valence-corrected chi connectivity index (χ3v) is 9.84. The second kappa shape index (κ2) is 16.3. The highest BCUT2D eigenvalue weighted by Gasteiger charge is 2.74. The van der Waals surface area contributed by atoms with Crippen LogP contribution in [0.3, 0.4) is 0 Å². The number of allylic oxidation sites excluding steroid dienone is 1. The van der Waals surface area contributed by atoms with Crippen LogP contribution in [0, 0.1) is 11.8 Å². The molecule has 1 spiro atoms. The van der Waals surface area contributed by atoms with Gasteiger partial charge in [-0.2, -0.15) is 0 Å². The third-order valence-electron chi connectivity index (χ3n) is 9.84. The maximum atomic E-state index is 14.7. The largest absolute Gasteiger partial charge is 0.497 e. The molecule has 3 heterocycles. The second-order valence-corrected chi connectivity index (χ2v) is 12.8. The summed E-state index contributed by atoms with van der Waals surface area (Å²) in [6.07, 6.45) is 6.18. The van der Waals surface area contributed by atoms with Crippen LogP contribution in [-0.4, -0.2) is 84.9 Å². The van der Waals surface area contributed by atoms with Crippen molar-refractivity contribution < 1.29 is 38.5 Å². The van der Waals surface area contributed by atoms with Gasteiger partial charge in [0, 0.05) is 31.8 Å². The predicted octanol–water partition coefficient (Wildman–Crippen LogP) is 4.12. The van der Waals surface area contributed by atoms with Crippen molar-refractivity contribution in [3.8, 4) is 5.75 Å². The fourth-order valence-electron chi connectivity index (χ4n) is 7.55. The number of nitrogens with one attached hydrogen (secondary N) is 1. The molecule has 0 radical (unpaired) electrons. The van der Waals surface area contributed by atoms with Crippen molar-refractivity contribution in [2.75, 3.05) is 38.3 Å². The summed E-state index contributed by atoms with van der Waals surface area (Å²) < 4.78 is 17.5. The fourth-order valence-corrected chi connectivity index (χ4v) is 7.55. The van der Waals surface area contributed by atoms with Crippen LogP contribution >= 0.6 is 0 Å². The molecule has 6 atom stereocenters. The van der Waals surface area contributed by atoms with E-state index >= 15 is 0 Å². The van der Waals surface area contributed by atoms with E-state index in [0.29, 0.717) is 50.0 Å². The van der Waals surface area contributed by atoms with Crippen molar-refractivity contribution in [2.45, 2.75) is 68.7 Å². The summed E-state index contributed by atoms with van der Waals surface area (Å²) in [4.78, 5) is 59.0. The second-order valence-electron chi connectivity index (χ2n) is 12.8. The van der Waals surface area contributed by atoms with Crippen molar-refractivity contribution in [1.29, 1.82) is 0 Å². The Morgan fingerprint density at radius 1 is 1.10 bits per heavy atom. The van der Waals surface area contributed by atoms with Gasteiger partial charge >= 0.3 is 5.97 Å². The van der Waals surface area contributed by atoms with E-state index in [4.69, 9.17) is 14.2 Å². The highest BCUT2D eigenvalue weighted by Crippen LogP contribution is 2.58. The van der Waals surface area contributed by atoms with Gasteiger partial charge in [-0.05, 0) is 68.4 Å². The van der Waals surface area contributed by atoms with Gasteiger partial charge in [0.1, 0.15) is 24.0 Å². The Kier molecular flexibility index (Phi) is 11.9. The number of hydrogen-bond acceptors (Lipinski definition) is 8. The molecule has 5 rings (SSSR count). The number of aliphatic hydroxyl groups is 1. The van der Waals surface area contributed by atoms with E-state index in [1.807, 2.05) is 30.3 Å². The Hall–Kier alpha value is -4.48. The van der Waals surface area contributed by atoms with Gasteiger partial charge in [0.25, 0.3) is 5.91 Å². The number of esters is 1. The molecule has 3 fully saturated rings. The molecule has 2 N–H and O–H groups in total. The average Bonchev–Trinajstić information content (AvgIpc) is 3.77. The Morgan fingerprint density at radius 3 is 2.53 bits per heavy atom. The van der Waals surface area contributed by atoms with Crippen LogP contribution in [0.1, 0.15) is 56.6 Å². The molecular weight excluding hydrogens is 626 g/mol. The number of unbranched alkanes of at least 4 members (excludes halogenated alkanes) is 2. The van der Waals surface area contributed by atoms with Gasteiger partial charge in [0.15, 0.2) is 0 Å². The maximum absolute atomic E-state index is 14.7.